The molecule has 226 valence electrons. The highest BCUT2D eigenvalue weighted by Crippen LogP contribution is 2.38. The van der Waals surface area contributed by atoms with Gasteiger partial charge in [-0.2, -0.15) is 4.73 Å². The lowest BCUT2D eigenvalue weighted by Gasteiger charge is -2.39. The Morgan fingerprint density at radius 3 is 2.10 bits per heavy atom. The molecule has 3 heterocycles. The summed E-state index contributed by atoms with van der Waals surface area (Å²) >= 11 is 0. The first-order valence-corrected chi connectivity index (χ1v) is 17.3. The first-order chi connectivity index (χ1) is 19.9. The van der Waals surface area contributed by atoms with Gasteiger partial charge >= 0.3 is 5.71 Å². The molecule has 3 aromatic rings. The van der Waals surface area contributed by atoms with Crippen LogP contribution in [0.2, 0.25) is 18.1 Å². The summed E-state index contributed by atoms with van der Waals surface area (Å²) in [5, 5.41) is -0.116. The summed E-state index contributed by atoms with van der Waals surface area (Å²) in [6.07, 6.45) is 2.00. The minimum absolute atomic E-state index is 0.00556. The van der Waals surface area contributed by atoms with Crippen molar-refractivity contribution in [2.75, 3.05) is 31.3 Å². The van der Waals surface area contributed by atoms with E-state index in [0.29, 0.717) is 11.1 Å². The monoisotopic (exact) mass is 617 g/mol. The highest BCUT2D eigenvalue weighted by molar-refractivity contribution is 7.25. The second-order valence-electron chi connectivity index (χ2n) is 11.0. The summed E-state index contributed by atoms with van der Waals surface area (Å²) < 4.78 is 36.9. The van der Waals surface area contributed by atoms with E-state index in [1.807, 2.05) is 0 Å². The number of imide groups is 1. The van der Waals surface area contributed by atoms with Gasteiger partial charge in [0, 0.05) is 0 Å². The third kappa shape index (κ3) is 6.29. The van der Waals surface area contributed by atoms with Crippen molar-refractivity contribution in [1.29, 1.82) is 0 Å². The predicted octanol–water partition coefficient (Wildman–Crippen LogP) is 4.44. The average Bonchev–Trinajstić information content (AvgIpc) is 3.48. The highest BCUT2D eigenvalue weighted by atomic mass is 31.1. The van der Waals surface area contributed by atoms with Crippen LogP contribution in [0, 0.1) is 0 Å². The molecule has 2 amide bonds. The van der Waals surface area contributed by atoms with E-state index in [-0.39, 0.29) is 48.4 Å². The normalized spacial score (nSPS) is 15.1. The molecule has 1 aromatic carbocycles. The van der Waals surface area contributed by atoms with Gasteiger partial charge in [0.15, 0.2) is 19.7 Å². The smallest absolute Gasteiger partial charge is 0.369 e. The molecule has 15 heteroatoms. The van der Waals surface area contributed by atoms with Crippen molar-refractivity contribution in [3.63, 3.8) is 0 Å². The number of aromatic nitrogens is 4. The standard InChI is InChI=1S/C27H36N5O8PSi/c1-8-36-27(41-35,37-9-2)38-14-18(40-42(6,7)26(3,4)5)15-39-31-17-30-21-22(31)28-16-29-23(21)32-24(33)19-12-10-11-13-20(19)25(32)34/h10-13,16-18H,8-9,14-15H2,1-7H3. The minimum Gasteiger partial charge on any atom is -0.408 e. The van der Waals surface area contributed by atoms with E-state index in [1.54, 1.807) is 38.1 Å². The van der Waals surface area contributed by atoms with Crippen LogP contribution in [0.5, 0.6) is 0 Å². The minimum atomic E-state index is -2.31. The number of imidazole rings is 1. The lowest BCUT2D eigenvalue weighted by Crippen LogP contribution is -2.48. The highest BCUT2D eigenvalue weighted by Gasteiger charge is 2.42. The van der Waals surface area contributed by atoms with Crippen LogP contribution in [0.3, 0.4) is 0 Å². The van der Waals surface area contributed by atoms with E-state index in [2.05, 4.69) is 48.8 Å². The Morgan fingerprint density at radius 1 is 0.929 bits per heavy atom. The molecule has 0 aliphatic carbocycles. The summed E-state index contributed by atoms with van der Waals surface area (Å²) in [5.74, 6) is -0.926. The lowest BCUT2D eigenvalue weighted by molar-refractivity contribution is -0.323. The van der Waals surface area contributed by atoms with Crippen LogP contribution in [0.1, 0.15) is 55.3 Å². The molecule has 0 saturated heterocycles. The molecule has 0 spiro atoms. The zero-order valence-corrected chi connectivity index (χ0v) is 26.7. The van der Waals surface area contributed by atoms with Crippen molar-refractivity contribution in [2.45, 2.75) is 64.6 Å². The fourth-order valence-corrected chi connectivity index (χ4v) is 5.90. The number of carbonyl (C=O) groups is 2. The molecule has 0 N–H and O–H groups in total. The van der Waals surface area contributed by atoms with E-state index in [1.165, 1.54) is 17.4 Å². The number of benzene rings is 1. The Hall–Kier alpha value is -3.13. The van der Waals surface area contributed by atoms with Crippen molar-refractivity contribution in [2.24, 2.45) is 0 Å². The molecule has 2 aromatic heterocycles. The number of nitrogens with zero attached hydrogens (tertiary/aromatic N) is 5. The van der Waals surface area contributed by atoms with Crippen LogP contribution in [-0.4, -0.2) is 78.1 Å². The summed E-state index contributed by atoms with van der Waals surface area (Å²) in [4.78, 5) is 46.0. The van der Waals surface area contributed by atoms with Gasteiger partial charge in [-0.3, -0.25) is 14.2 Å². The quantitative estimate of drug-likeness (QED) is 0.110. The second-order valence-corrected chi connectivity index (χ2v) is 16.5. The van der Waals surface area contributed by atoms with E-state index in [9.17, 15) is 14.2 Å². The molecule has 4 rings (SSSR count). The molecule has 0 saturated carbocycles. The lowest BCUT2D eigenvalue weighted by atomic mass is 10.1. The first-order valence-electron chi connectivity index (χ1n) is 13.6. The topological polar surface area (TPSA) is 144 Å². The number of rotatable bonds is 14. The Labute approximate surface area is 246 Å². The molecular weight excluding hydrogens is 581 g/mol. The van der Waals surface area contributed by atoms with Gasteiger partial charge in [0.1, 0.15) is 25.4 Å². The van der Waals surface area contributed by atoms with E-state index < -0.39 is 40.4 Å². The molecule has 0 fully saturated rings. The number of ether oxygens (including phenoxy) is 3. The Kier molecular flexibility index (Phi) is 9.55. The van der Waals surface area contributed by atoms with E-state index in [0.717, 1.165) is 4.90 Å². The van der Waals surface area contributed by atoms with Crippen LogP contribution in [0.4, 0.5) is 5.82 Å². The van der Waals surface area contributed by atoms with Gasteiger partial charge in [0.25, 0.3) is 20.3 Å². The number of fused-ring (bicyclic) bond motifs is 2. The second kappa shape index (κ2) is 12.6. The van der Waals surface area contributed by atoms with Crippen LogP contribution in [0.15, 0.2) is 36.9 Å². The van der Waals surface area contributed by atoms with Crippen LogP contribution < -0.4 is 9.74 Å². The zero-order chi connectivity index (χ0) is 30.7. The third-order valence-electron chi connectivity index (χ3n) is 7.17. The van der Waals surface area contributed by atoms with E-state index >= 15 is 0 Å². The van der Waals surface area contributed by atoms with Gasteiger partial charge in [-0.15, -0.1) is 0 Å². The van der Waals surface area contributed by atoms with Crippen molar-refractivity contribution in [1.82, 2.24) is 19.7 Å². The van der Waals surface area contributed by atoms with Crippen LogP contribution in [0.25, 0.3) is 11.2 Å². The Bertz CT molecular complexity index is 1420. The average molecular weight is 618 g/mol. The molecule has 1 aliphatic rings. The third-order valence-corrected chi connectivity index (χ3v) is 12.3. The van der Waals surface area contributed by atoms with Crippen molar-refractivity contribution >= 4 is 45.6 Å². The summed E-state index contributed by atoms with van der Waals surface area (Å²) in [7, 11) is -2.80. The predicted molar refractivity (Wildman–Crippen MR) is 156 cm³/mol. The maximum atomic E-state index is 13.1. The van der Waals surface area contributed by atoms with Gasteiger partial charge < -0.3 is 23.5 Å². The summed E-state index contributed by atoms with van der Waals surface area (Å²) in [6.45, 7) is 14.4. The molecular formula is C27H36N5O8PSi. The van der Waals surface area contributed by atoms with Crippen LogP contribution in [-0.2, 0) is 23.2 Å². The van der Waals surface area contributed by atoms with E-state index in [4.69, 9.17) is 23.5 Å². The number of carbonyl (C=O) groups excluding carboxylic acids is 2. The maximum Gasteiger partial charge on any atom is 0.369 e. The number of hydrogen-bond donors (Lipinski definition) is 0. The molecule has 0 bridgehead atoms. The Balaban J connectivity index is 1.58. The van der Waals surface area contributed by atoms with Gasteiger partial charge in [0.05, 0.1) is 30.9 Å². The van der Waals surface area contributed by atoms with Crippen LogP contribution >= 0.6 is 8.46 Å². The molecule has 1 atom stereocenters. The maximum absolute atomic E-state index is 13.1. The van der Waals surface area contributed by atoms with Gasteiger partial charge in [-0.1, -0.05) is 32.9 Å². The molecule has 0 radical (unpaired) electrons. The fraction of sp³-hybridized carbons (Fsp3) is 0.519. The van der Waals surface area contributed by atoms with Crippen molar-refractivity contribution in [3.05, 3.63) is 48.0 Å². The number of anilines is 1. The molecule has 1 unspecified atom stereocenters. The fourth-order valence-electron chi connectivity index (χ4n) is 4.08. The molecule has 42 heavy (non-hydrogen) atoms. The number of hydrogen-bond acceptors (Lipinski definition) is 11. The largest absolute Gasteiger partial charge is 0.408 e. The van der Waals surface area contributed by atoms with Gasteiger partial charge in [0.2, 0.25) is 5.65 Å². The molecule has 13 nitrogen and oxygen atoms in total. The number of amides is 2. The Morgan fingerprint density at radius 2 is 1.55 bits per heavy atom. The van der Waals surface area contributed by atoms with Crippen molar-refractivity contribution in [3.8, 4) is 0 Å². The molecule has 1 aliphatic heterocycles. The van der Waals surface area contributed by atoms with Crippen molar-refractivity contribution < 1.29 is 37.6 Å². The zero-order valence-electron chi connectivity index (χ0n) is 24.8. The summed E-state index contributed by atoms with van der Waals surface area (Å²) in [6, 6.07) is 6.58. The van der Waals surface area contributed by atoms with Gasteiger partial charge in [-0.05, 0) is 44.1 Å². The van der Waals surface area contributed by atoms with Gasteiger partial charge in [-0.25, -0.2) is 19.9 Å². The summed E-state index contributed by atoms with van der Waals surface area (Å²) in [5.41, 5.74) is -0.720. The first kappa shape index (κ1) is 31.8. The SMILES string of the molecule is CCOC(OCC)(OCC(COn1cnc2c(N3C(=O)c4ccccc4C3=O)ncnc21)O[Si](C)(C)C(C)(C)C)P=O.